The van der Waals surface area contributed by atoms with Crippen molar-refractivity contribution in [2.45, 2.75) is 271 Å². The molecule has 1 atom stereocenters. The Kier molecular flexibility index (Phi) is 46.4. The molecule has 59 heavy (non-hydrogen) atoms. The second-order valence-electron chi connectivity index (χ2n) is 17.1. The van der Waals surface area contributed by atoms with Crippen molar-refractivity contribution in [2.75, 3.05) is 13.2 Å². The molecule has 0 aliphatic rings. The van der Waals surface area contributed by atoms with Crippen LogP contribution < -0.4 is 0 Å². The molecule has 0 saturated carbocycles. The van der Waals surface area contributed by atoms with E-state index >= 15 is 0 Å². The molecule has 1 unspecified atom stereocenters. The number of carbonyl (C=O) groups is 3. The molecule has 0 spiro atoms. The maximum Gasteiger partial charge on any atom is 0.306 e. The normalized spacial score (nSPS) is 12.3. The van der Waals surface area contributed by atoms with Gasteiger partial charge in [0.25, 0.3) is 0 Å². The van der Waals surface area contributed by atoms with E-state index in [-0.39, 0.29) is 31.1 Å². The second-order valence-corrected chi connectivity index (χ2v) is 17.1. The minimum Gasteiger partial charge on any atom is -0.462 e. The lowest BCUT2D eigenvalue weighted by Crippen LogP contribution is -2.30. The van der Waals surface area contributed by atoms with E-state index in [0.29, 0.717) is 19.3 Å². The lowest BCUT2D eigenvalue weighted by Gasteiger charge is -2.18. The summed E-state index contributed by atoms with van der Waals surface area (Å²) in [4.78, 5) is 37.8. The van der Waals surface area contributed by atoms with Gasteiger partial charge in [-0.25, -0.2) is 0 Å². The van der Waals surface area contributed by atoms with Crippen LogP contribution in [0, 0.1) is 0 Å². The highest BCUT2D eigenvalue weighted by Crippen LogP contribution is 2.16. The minimum atomic E-state index is -0.774. The Morgan fingerprint density at radius 2 is 0.661 bits per heavy atom. The van der Waals surface area contributed by atoms with E-state index in [1.807, 2.05) is 0 Å². The summed E-state index contributed by atoms with van der Waals surface area (Å²) in [6.07, 6.45) is 55.7. The van der Waals surface area contributed by atoms with Crippen molar-refractivity contribution in [3.63, 3.8) is 0 Å². The third kappa shape index (κ3) is 46.5. The second kappa shape index (κ2) is 48.3. The van der Waals surface area contributed by atoms with Crippen molar-refractivity contribution < 1.29 is 28.6 Å². The smallest absolute Gasteiger partial charge is 0.306 e. The van der Waals surface area contributed by atoms with Crippen LogP contribution in [0.3, 0.4) is 0 Å². The fraction of sp³-hybridized carbons (Fsp3) is 0.830. The SMILES string of the molecule is CC/C=C\C/C=C\C/C=C\CCCCCCCC(=O)OC(COC(=O)CCCCCCCCCC)COC(=O)CCCCCCCCCCCCCCCCCCCC. The molecule has 6 nitrogen and oxygen atoms in total. The molecule has 0 fully saturated rings. The number of allylic oxidation sites excluding steroid dienone is 6. The summed E-state index contributed by atoms with van der Waals surface area (Å²) < 4.78 is 16.7. The highest BCUT2D eigenvalue weighted by Gasteiger charge is 2.19. The van der Waals surface area contributed by atoms with E-state index in [1.165, 1.54) is 128 Å². The molecule has 344 valence electrons. The monoisotopic (exact) mass is 829 g/mol. The van der Waals surface area contributed by atoms with E-state index in [2.05, 4.69) is 57.2 Å². The van der Waals surface area contributed by atoms with Gasteiger partial charge >= 0.3 is 17.9 Å². The van der Waals surface area contributed by atoms with Crippen LogP contribution in [0.1, 0.15) is 265 Å². The first kappa shape index (κ1) is 56.6. The Morgan fingerprint density at radius 1 is 0.356 bits per heavy atom. The number of unbranched alkanes of at least 4 members (excludes halogenated alkanes) is 29. The van der Waals surface area contributed by atoms with E-state index in [9.17, 15) is 14.4 Å². The molecule has 6 heteroatoms. The molecule has 0 aliphatic heterocycles. The quantitative estimate of drug-likeness (QED) is 0.0263. The summed E-state index contributed by atoms with van der Waals surface area (Å²) >= 11 is 0. The first-order valence-electron chi connectivity index (χ1n) is 25.5. The Hall–Kier alpha value is -2.37. The van der Waals surface area contributed by atoms with Gasteiger partial charge in [0.1, 0.15) is 13.2 Å². The van der Waals surface area contributed by atoms with Crippen LogP contribution in [0.4, 0.5) is 0 Å². The predicted octanol–water partition coefficient (Wildman–Crippen LogP) is 16.5. The van der Waals surface area contributed by atoms with Gasteiger partial charge in [-0.15, -0.1) is 0 Å². The van der Waals surface area contributed by atoms with Crippen LogP contribution in [0.2, 0.25) is 0 Å². The summed E-state index contributed by atoms with van der Waals surface area (Å²) in [5.41, 5.74) is 0. The fourth-order valence-electron chi connectivity index (χ4n) is 7.34. The standard InChI is InChI=1S/C53H96O6/c1-4-7-10-13-16-19-21-23-25-26-27-29-30-32-34-37-40-43-46-52(55)58-49-50(48-57-51(54)45-42-39-36-18-15-12-9-6-3)59-53(56)47-44-41-38-35-33-31-28-24-22-20-17-14-11-8-5-2/h8,11,17,20,24,28,50H,4-7,9-10,12-16,18-19,21-23,25-27,29-49H2,1-3H3/b11-8-,20-17-,28-24-. The van der Waals surface area contributed by atoms with Crippen LogP contribution in [0.15, 0.2) is 36.5 Å². The molecule has 0 aliphatic carbocycles. The number of carbonyl (C=O) groups excluding carboxylic acids is 3. The van der Waals surface area contributed by atoms with Gasteiger partial charge in [0.15, 0.2) is 6.10 Å². The van der Waals surface area contributed by atoms with Gasteiger partial charge in [-0.3, -0.25) is 14.4 Å². The molecule has 0 aromatic heterocycles. The maximum absolute atomic E-state index is 12.7. The number of hydrogen-bond acceptors (Lipinski definition) is 6. The molecular weight excluding hydrogens is 733 g/mol. The van der Waals surface area contributed by atoms with Gasteiger partial charge < -0.3 is 14.2 Å². The van der Waals surface area contributed by atoms with Crippen molar-refractivity contribution in [3.05, 3.63) is 36.5 Å². The van der Waals surface area contributed by atoms with Crippen LogP contribution in [0.5, 0.6) is 0 Å². The average Bonchev–Trinajstić information content (AvgIpc) is 3.23. The van der Waals surface area contributed by atoms with Gasteiger partial charge in [-0.1, -0.05) is 231 Å². The summed E-state index contributed by atoms with van der Waals surface area (Å²) in [7, 11) is 0. The summed E-state index contributed by atoms with van der Waals surface area (Å²) in [6, 6.07) is 0. The van der Waals surface area contributed by atoms with Crippen molar-refractivity contribution in [1.82, 2.24) is 0 Å². The molecule has 0 bridgehead atoms. The highest BCUT2D eigenvalue weighted by atomic mass is 16.6. The Balaban J connectivity index is 4.27. The first-order valence-corrected chi connectivity index (χ1v) is 25.5. The molecule has 0 aromatic carbocycles. The Bertz CT molecular complexity index is 1000. The number of ether oxygens (including phenoxy) is 3. The van der Waals surface area contributed by atoms with Gasteiger partial charge in [-0.2, -0.15) is 0 Å². The maximum atomic E-state index is 12.7. The van der Waals surface area contributed by atoms with Gasteiger partial charge in [0.05, 0.1) is 0 Å². The van der Waals surface area contributed by atoms with E-state index < -0.39 is 6.10 Å². The summed E-state index contributed by atoms with van der Waals surface area (Å²) in [5.74, 6) is -0.887. The van der Waals surface area contributed by atoms with Crippen molar-refractivity contribution in [3.8, 4) is 0 Å². The lowest BCUT2D eigenvalue weighted by atomic mass is 10.0. The topological polar surface area (TPSA) is 78.9 Å². The predicted molar refractivity (Wildman–Crippen MR) is 252 cm³/mol. The van der Waals surface area contributed by atoms with Gasteiger partial charge in [0, 0.05) is 19.3 Å². The van der Waals surface area contributed by atoms with Gasteiger partial charge in [-0.05, 0) is 51.4 Å². The van der Waals surface area contributed by atoms with Crippen molar-refractivity contribution >= 4 is 17.9 Å². The zero-order chi connectivity index (χ0) is 43.0. The molecule has 0 amide bonds. The average molecular weight is 829 g/mol. The molecule has 0 saturated heterocycles. The first-order chi connectivity index (χ1) is 29.0. The fourth-order valence-corrected chi connectivity index (χ4v) is 7.34. The molecule has 0 aromatic rings. The molecular formula is C53H96O6. The van der Waals surface area contributed by atoms with E-state index in [4.69, 9.17) is 14.2 Å². The zero-order valence-corrected chi connectivity index (χ0v) is 39.3. The van der Waals surface area contributed by atoms with E-state index in [1.54, 1.807) is 0 Å². The van der Waals surface area contributed by atoms with Gasteiger partial charge in [0.2, 0.25) is 0 Å². The zero-order valence-electron chi connectivity index (χ0n) is 39.3. The third-order valence-electron chi connectivity index (χ3n) is 11.2. The van der Waals surface area contributed by atoms with Crippen molar-refractivity contribution in [1.29, 1.82) is 0 Å². The molecule has 0 rings (SSSR count). The summed E-state index contributed by atoms with van der Waals surface area (Å²) in [6.45, 7) is 6.51. The number of esters is 3. The minimum absolute atomic E-state index is 0.0755. The molecule has 0 heterocycles. The van der Waals surface area contributed by atoms with Crippen LogP contribution in [-0.4, -0.2) is 37.2 Å². The lowest BCUT2D eigenvalue weighted by molar-refractivity contribution is -0.167. The Labute approximate surface area is 365 Å². The number of hydrogen-bond donors (Lipinski definition) is 0. The Morgan fingerprint density at radius 3 is 1.03 bits per heavy atom. The molecule has 0 N–H and O–H groups in total. The van der Waals surface area contributed by atoms with Crippen molar-refractivity contribution in [2.24, 2.45) is 0 Å². The van der Waals surface area contributed by atoms with E-state index in [0.717, 1.165) is 96.3 Å². The largest absolute Gasteiger partial charge is 0.462 e. The highest BCUT2D eigenvalue weighted by molar-refractivity contribution is 5.71. The van der Waals surface area contributed by atoms with Crippen LogP contribution in [-0.2, 0) is 28.6 Å². The number of rotatable bonds is 46. The molecule has 0 radical (unpaired) electrons. The third-order valence-corrected chi connectivity index (χ3v) is 11.2. The summed E-state index contributed by atoms with van der Waals surface area (Å²) in [5, 5.41) is 0. The van der Waals surface area contributed by atoms with Crippen LogP contribution >= 0.6 is 0 Å². The van der Waals surface area contributed by atoms with Crippen LogP contribution in [0.25, 0.3) is 0 Å².